The van der Waals surface area contributed by atoms with Gasteiger partial charge in [-0.2, -0.15) is 0 Å². The Morgan fingerprint density at radius 1 is 1.07 bits per heavy atom. The predicted molar refractivity (Wildman–Crippen MR) is 116 cm³/mol. The molecule has 3 fully saturated rings. The molecule has 7 heteroatoms. The van der Waals surface area contributed by atoms with E-state index in [1.807, 2.05) is 6.92 Å². The van der Waals surface area contributed by atoms with Gasteiger partial charge in [-0.05, 0) is 30.8 Å². The molecule has 2 saturated carbocycles. The van der Waals surface area contributed by atoms with Crippen LogP contribution in [-0.4, -0.2) is 49.9 Å². The number of aliphatic hydroxyl groups excluding tert-OH is 1. The molecule has 4 rings (SSSR count). The van der Waals surface area contributed by atoms with Crippen LogP contribution in [0.1, 0.15) is 60.8 Å². The van der Waals surface area contributed by atoms with Crippen molar-refractivity contribution >= 4 is 35.5 Å². The third-order valence-corrected chi connectivity index (χ3v) is 10.2. The van der Waals surface area contributed by atoms with Crippen molar-refractivity contribution in [1.82, 2.24) is 0 Å². The lowest BCUT2D eigenvalue weighted by Crippen LogP contribution is -2.69. The zero-order valence-corrected chi connectivity index (χ0v) is 19.7. The first-order valence-electron chi connectivity index (χ1n) is 10.6. The lowest BCUT2D eigenvalue weighted by atomic mass is 9.47. The summed E-state index contributed by atoms with van der Waals surface area (Å²) < 4.78 is 10.9. The van der Waals surface area contributed by atoms with Gasteiger partial charge in [-0.3, -0.25) is 4.79 Å². The third kappa shape index (κ3) is 2.86. The van der Waals surface area contributed by atoms with Crippen molar-refractivity contribution in [3.63, 3.8) is 0 Å². The molecule has 162 valence electrons. The van der Waals surface area contributed by atoms with Gasteiger partial charge in [-0.1, -0.05) is 41.0 Å². The molecule has 1 N–H and O–H groups in total. The van der Waals surface area contributed by atoms with Crippen LogP contribution in [0.2, 0.25) is 0 Å². The molecule has 4 aliphatic rings. The van der Waals surface area contributed by atoms with Crippen molar-refractivity contribution in [3.05, 3.63) is 11.6 Å². The van der Waals surface area contributed by atoms with E-state index in [9.17, 15) is 14.7 Å². The Hall–Kier alpha value is -0.660. The van der Waals surface area contributed by atoms with Crippen LogP contribution in [0.5, 0.6) is 0 Å². The first-order chi connectivity index (χ1) is 13.5. The number of aliphatic hydroxyl groups is 1. The van der Waals surface area contributed by atoms with Crippen molar-refractivity contribution < 1.29 is 24.2 Å². The van der Waals surface area contributed by atoms with Gasteiger partial charge in [0.1, 0.15) is 17.0 Å². The number of hydrogen-bond donors (Lipinski definition) is 1. The van der Waals surface area contributed by atoms with Gasteiger partial charge in [-0.15, -0.1) is 23.5 Å². The van der Waals surface area contributed by atoms with Gasteiger partial charge in [0.15, 0.2) is 5.44 Å². The highest BCUT2D eigenvalue weighted by Gasteiger charge is 2.75. The maximum absolute atomic E-state index is 13.0. The Morgan fingerprint density at radius 2 is 1.72 bits per heavy atom. The summed E-state index contributed by atoms with van der Waals surface area (Å²) in [5.41, 5.74) is -0.574. The smallest absolute Gasteiger partial charge is 0.331 e. The fraction of sp³-hybridized carbons (Fsp3) is 0.818. The van der Waals surface area contributed by atoms with Crippen molar-refractivity contribution in [2.75, 3.05) is 0 Å². The summed E-state index contributed by atoms with van der Waals surface area (Å²) in [6.07, 6.45) is 2.67. The lowest BCUT2D eigenvalue weighted by Gasteiger charge is -2.62. The molecule has 1 saturated heterocycles. The summed E-state index contributed by atoms with van der Waals surface area (Å²) >= 11 is 3.22. The van der Waals surface area contributed by atoms with E-state index in [-0.39, 0.29) is 33.8 Å². The van der Waals surface area contributed by atoms with Crippen LogP contribution in [0.25, 0.3) is 0 Å². The summed E-state index contributed by atoms with van der Waals surface area (Å²) in [6, 6.07) is 0. The summed E-state index contributed by atoms with van der Waals surface area (Å²) in [7, 11) is 0. The maximum Gasteiger partial charge on any atom is 0.331 e. The third-order valence-electron chi connectivity index (χ3n) is 7.25. The number of rotatable bonds is 4. The van der Waals surface area contributed by atoms with Gasteiger partial charge in [0, 0.05) is 22.5 Å². The number of esters is 2. The summed E-state index contributed by atoms with van der Waals surface area (Å²) in [4.78, 5) is 25.6. The topological polar surface area (TPSA) is 72.8 Å². The van der Waals surface area contributed by atoms with E-state index in [0.29, 0.717) is 0 Å². The molecule has 4 unspecified atom stereocenters. The van der Waals surface area contributed by atoms with Gasteiger partial charge in [0.2, 0.25) is 0 Å². The Bertz CT molecular complexity index is 764. The minimum absolute atomic E-state index is 0.131. The molecule has 0 spiro atoms. The van der Waals surface area contributed by atoms with Gasteiger partial charge >= 0.3 is 11.9 Å². The van der Waals surface area contributed by atoms with Crippen molar-refractivity contribution in [2.45, 2.75) is 93.7 Å². The molecule has 29 heavy (non-hydrogen) atoms. The molecule has 0 aromatic rings. The molecule has 5 nitrogen and oxygen atoms in total. The highest BCUT2D eigenvalue weighted by atomic mass is 32.2. The normalized spacial score (nSPS) is 46.2. The Labute approximate surface area is 181 Å². The van der Waals surface area contributed by atoms with Crippen molar-refractivity contribution in [2.24, 2.45) is 16.7 Å². The second-order valence-corrected chi connectivity index (χ2v) is 13.4. The molecule has 2 aliphatic heterocycles. The molecule has 0 amide bonds. The average molecular weight is 441 g/mol. The fourth-order valence-corrected chi connectivity index (χ4v) is 9.44. The van der Waals surface area contributed by atoms with Gasteiger partial charge in [0.25, 0.3) is 0 Å². The highest BCUT2D eigenvalue weighted by Crippen LogP contribution is 2.70. The molecule has 0 aromatic carbocycles. The van der Waals surface area contributed by atoms with E-state index in [2.05, 4.69) is 34.6 Å². The van der Waals surface area contributed by atoms with Crippen molar-refractivity contribution in [1.29, 1.82) is 0 Å². The molecule has 0 bridgehead atoms. The van der Waals surface area contributed by atoms with Gasteiger partial charge in [0.05, 0.1) is 5.41 Å². The number of carbonyl (C=O) groups is 2. The maximum atomic E-state index is 13.0. The van der Waals surface area contributed by atoms with E-state index in [0.717, 1.165) is 24.8 Å². The van der Waals surface area contributed by atoms with E-state index >= 15 is 0 Å². The number of hydrogen-bond acceptors (Lipinski definition) is 7. The summed E-state index contributed by atoms with van der Waals surface area (Å²) in [6.45, 7) is 12.5. The number of thioether (sulfide) groups is 2. The number of cyclic esters (lactones) is 1. The van der Waals surface area contributed by atoms with Crippen LogP contribution < -0.4 is 0 Å². The number of fused-ring (bicyclic) bond motifs is 2. The molecule has 2 heterocycles. The monoisotopic (exact) mass is 440 g/mol. The van der Waals surface area contributed by atoms with E-state index in [4.69, 9.17) is 9.47 Å². The van der Waals surface area contributed by atoms with Crippen molar-refractivity contribution in [3.8, 4) is 0 Å². The zero-order chi connectivity index (χ0) is 21.4. The standard InChI is InChI=1S/C22H32O5S2/c1-11(2)28-19-22(29-12(3)4)13(10-14(23)26-19)20(5)8-7-9-21(6)16(20)15(17(22)24)27-18(21)25/h10-12,15-17,19,24H,7-9H2,1-6H3/t15-,16+,17?,19?,20+,21?,22?/m0/s1. The quantitative estimate of drug-likeness (QED) is 0.664. The summed E-state index contributed by atoms with van der Waals surface area (Å²) in [5.74, 6) is -0.682. The van der Waals surface area contributed by atoms with E-state index in [1.54, 1.807) is 29.6 Å². The molecule has 7 atom stereocenters. The van der Waals surface area contributed by atoms with Crippen LogP contribution in [-0.2, 0) is 19.1 Å². The average Bonchev–Trinajstić information content (AvgIpc) is 2.87. The number of carbonyl (C=O) groups excluding carboxylic acids is 2. The SMILES string of the molecule is CC(C)SC1OC(=O)C=C2C1(SC(C)C)C(O)[C@H]1OC(=O)C3(C)CCC[C@@]2(C)[C@@H]13. The Kier molecular flexibility index (Phi) is 5.15. The number of ether oxygens (including phenoxy) is 2. The zero-order valence-electron chi connectivity index (χ0n) is 18.1. The van der Waals surface area contributed by atoms with Gasteiger partial charge < -0.3 is 14.6 Å². The second-order valence-electron chi connectivity index (χ2n) is 9.95. The first kappa shape index (κ1) is 21.6. The highest BCUT2D eigenvalue weighted by molar-refractivity contribution is 8.05. The second kappa shape index (κ2) is 6.92. The van der Waals surface area contributed by atoms with Crippen LogP contribution in [0.3, 0.4) is 0 Å². The fourth-order valence-electron chi connectivity index (χ4n) is 6.36. The summed E-state index contributed by atoms with van der Waals surface area (Å²) in [5, 5.41) is 12.2. The lowest BCUT2D eigenvalue weighted by molar-refractivity contribution is -0.157. The molecule has 0 aromatic heterocycles. The van der Waals surface area contributed by atoms with E-state index < -0.39 is 27.8 Å². The Balaban J connectivity index is 1.95. The molecule has 0 radical (unpaired) electrons. The minimum Gasteiger partial charge on any atom is -0.459 e. The largest absolute Gasteiger partial charge is 0.459 e. The van der Waals surface area contributed by atoms with Crippen LogP contribution in [0.4, 0.5) is 0 Å². The predicted octanol–water partition coefficient (Wildman–Crippen LogP) is 3.93. The minimum atomic E-state index is -0.924. The molecular formula is C22H32O5S2. The van der Waals surface area contributed by atoms with E-state index in [1.165, 1.54) is 0 Å². The molecule has 2 aliphatic carbocycles. The Morgan fingerprint density at radius 3 is 2.34 bits per heavy atom. The molecular weight excluding hydrogens is 408 g/mol. The van der Waals surface area contributed by atoms with Crippen LogP contribution >= 0.6 is 23.5 Å². The first-order valence-corrected chi connectivity index (χ1v) is 12.4. The van der Waals surface area contributed by atoms with Crippen LogP contribution in [0.15, 0.2) is 11.6 Å². The van der Waals surface area contributed by atoms with Gasteiger partial charge in [-0.25, -0.2) is 4.79 Å². The van der Waals surface area contributed by atoms with Crippen LogP contribution in [0, 0.1) is 16.7 Å².